The molecule has 1 amide bonds. The van der Waals surface area contributed by atoms with Gasteiger partial charge in [0.05, 0.1) is 6.20 Å². The second-order valence-electron chi connectivity index (χ2n) is 5.95. The second-order valence-corrected chi connectivity index (χ2v) is 5.95. The molecule has 136 valence electrons. The first-order valence-electron chi connectivity index (χ1n) is 7.97. The quantitative estimate of drug-likeness (QED) is 0.839. The van der Waals surface area contributed by atoms with E-state index in [1.807, 2.05) is 0 Å². The van der Waals surface area contributed by atoms with E-state index in [2.05, 4.69) is 20.7 Å². The molecule has 2 aromatic heterocycles. The number of fused-ring (bicyclic) bond motifs is 1. The third-order valence-electron chi connectivity index (χ3n) is 4.18. The molecule has 1 aliphatic rings. The van der Waals surface area contributed by atoms with Crippen LogP contribution in [0.15, 0.2) is 18.5 Å². The minimum Gasteiger partial charge on any atom is -0.350 e. The van der Waals surface area contributed by atoms with Crippen molar-refractivity contribution < 1.29 is 18.0 Å². The first-order valence-corrected chi connectivity index (χ1v) is 7.97. The number of amides is 1. The number of carbonyl (C=O) groups is 1. The molecule has 2 N–H and O–H groups in total. The van der Waals surface area contributed by atoms with Gasteiger partial charge in [-0.25, -0.2) is 9.50 Å². The Morgan fingerprint density at radius 1 is 1.40 bits per heavy atom. The molecule has 25 heavy (non-hydrogen) atoms. The summed E-state index contributed by atoms with van der Waals surface area (Å²) in [6.45, 7) is 2.83. The van der Waals surface area contributed by atoms with Gasteiger partial charge in [0.2, 0.25) is 0 Å². The molecule has 1 saturated heterocycles. The number of alkyl halides is 3. The third-order valence-corrected chi connectivity index (χ3v) is 4.18. The monoisotopic (exact) mass is 356 g/mol. The molecular formula is C15H19F3N6O. The lowest BCUT2D eigenvalue weighted by Gasteiger charge is -2.35. The molecule has 0 aromatic carbocycles. The molecule has 1 unspecified atom stereocenters. The summed E-state index contributed by atoms with van der Waals surface area (Å²) in [5.74, 6) is -0.613. The summed E-state index contributed by atoms with van der Waals surface area (Å²) in [5.41, 5.74) is 1.17. The van der Waals surface area contributed by atoms with Crippen LogP contribution in [0.3, 0.4) is 0 Å². The predicted octanol–water partition coefficient (Wildman–Crippen LogP) is 0.604. The molecule has 0 spiro atoms. The van der Waals surface area contributed by atoms with Gasteiger partial charge >= 0.3 is 6.18 Å². The van der Waals surface area contributed by atoms with Gasteiger partial charge < -0.3 is 10.6 Å². The first-order chi connectivity index (χ1) is 11.9. The molecule has 3 heterocycles. The van der Waals surface area contributed by atoms with Crippen molar-refractivity contribution in [1.82, 2.24) is 30.1 Å². The van der Waals surface area contributed by atoms with Gasteiger partial charge in [-0.2, -0.15) is 18.3 Å². The second kappa shape index (κ2) is 6.96. The van der Waals surface area contributed by atoms with E-state index < -0.39 is 24.7 Å². The molecule has 1 aliphatic heterocycles. The van der Waals surface area contributed by atoms with Crippen LogP contribution in [0.25, 0.3) is 5.65 Å². The molecule has 1 atom stereocenters. The van der Waals surface area contributed by atoms with E-state index >= 15 is 0 Å². The highest BCUT2D eigenvalue weighted by molar-refractivity contribution is 5.99. The zero-order chi connectivity index (χ0) is 18.0. The Labute approximate surface area is 142 Å². The van der Waals surface area contributed by atoms with E-state index in [9.17, 15) is 18.0 Å². The smallest absolute Gasteiger partial charge is 0.350 e. The van der Waals surface area contributed by atoms with E-state index in [0.717, 1.165) is 0 Å². The van der Waals surface area contributed by atoms with Crippen LogP contribution in [0.4, 0.5) is 13.2 Å². The highest BCUT2D eigenvalue weighted by Crippen LogP contribution is 2.25. The third kappa shape index (κ3) is 3.90. The lowest BCUT2D eigenvalue weighted by atomic mass is 10.2. The van der Waals surface area contributed by atoms with Gasteiger partial charge in [0, 0.05) is 44.6 Å². The highest BCUT2D eigenvalue weighted by Gasteiger charge is 2.43. The summed E-state index contributed by atoms with van der Waals surface area (Å²) in [7, 11) is 0. The Kier molecular flexibility index (Phi) is 4.91. The van der Waals surface area contributed by atoms with Gasteiger partial charge in [0.15, 0.2) is 5.65 Å². The molecule has 0 bridgehead atoms. The average molecular weight is 356 g/mol. The summed E-state index contributed by atoms with van der Waals surface area (Å²) >= 11 is 0. The number of hydrogen-bond donors (Lipinski definition) is 2. The summed E-state index contributed by atoms with van der Waals surface area (Å²) in [6, 6.07) is 0.0151. The number of piperazine rings is 1. The van der Waals surface area contributed by atoms with Crippen molar-refractivity contribution in [3.63, 3.8) is 0 Å². The highest BCUT2D eigenvalue weighted by atomic mass is 19.4. The number of rotatable bonds is 4. The average Bonchev–Trinajstić information content (AvgIpc) is 2.97. The van der Waals surface area contributed by atoms with Gasteiger partial charge in [-0.1, -0.05) is 0 Å². The number of carbonyl (C=O) groups excluding carboxylic acids is 1. The molecule has 10 heteroatoms. The molecular weight excluding hydrogens is 337 g/mol. The Morgan fingerprint density at radius 2 is 2.12 bits per heavy atom. The van der Waals surface area contributed by atoms with Crippen molar-refractivity contribution >= 4 is 11.6 Å². The topological polar surface area (TPSA) is 74.6 Å². The van der Waals surface area contributed by atoms with Gasteiger partial charge in [-0.3, -0.25) is 9.69 Å². The van der Waals surface area contributed by atoms with Crippen LogP contribution < -0.4 is 10.6 Å². The number of hydrogen-bond acceptors (Lipinski definition) is 5. The molecule has 1 fully saturated rings. The number of nitrogens with zero attached hydrogens (tertiary/aromatic N) is 4. The molecule has 2 aromatic rings. The SMILES string of the molecule is Cc1ccn2ncc(C(=O)NCC(N3CCNCC3)C(F)(F)F)c2n1. The van der Waals surface area contributed by atoms with Crippen LogP contribution >= 0.6 is 0 Å². The van der Waals surface area contributed by atoms with Gasteiger partial charge in [0.1, 0.15) is 11.6 Å². The van der Waals surface area contributed by atoms with Crippen molar-refractivity contribution in [3.05, 3.63) is 29.7 Å². The zero-order valence-corrected chi connectivity index (χ0v) is 13.7. The molecule has 7 nitrogen and oxygen atoms in total. The molecule has 0 aliphatic carbocycles. The van der Waals surface area contributed by atoms with Crippen molar-refractivity contribution in [2.45, 2.75) is 19.1 Å². The Morgan fingerprint density at radius 3 is 2.80 bits per heavy atom. The number of aryl methyl sites for hydroxylation is 1. The maximum Gasteiger partial charge on any atom is 0.405 e. The van der Waals surface area contributed by atoms with Crippen LogP contribution in [0.1, 0.15) is 16.1 Å². The Balaban J connectivity index is 1.73. The van der Waals surface area contributed by atoms with E-state index in [-0.39, 0.29) is 18.7 Å². The van der Waals surface area contributed by atoms with E-state index in [0.29, 0.717) is 24.4 Å². The van der Waals surface area contributed by atoms with Crippen LogP contribution in [-0.4, -0.2) is 70.3 Å². The fourth-order valence-corrected chi connectivity index (χ4v) is 2.85. The molecule has 3 rings (SSSR count). The number of halogens is 3. The molecule has 0 radical (unpaired) electrons. The van der Waals surface area contributed by atoms with Crippen molar-refractivity contribution in [2.24, 2.45) is 0 Å². The maximum absolute atomic E-state index is 13.4. The Hall–Kier alpha value is -2.20. The lowest BCUT2D eigenvalue weighted by Crippen LogP contribution is -2.57. The summed E-state index contributed by atoms with van der Waals surface area (Å²) in [4.78, 5) is 17.9. The summed E-state index contributed by atoms with van der Waals surface area (Å²) in [6.07, 6.45) is -1.46. The van der Waals surface area contributed by atoms with Crippen LogP contribution in [0.5, 0.6) is 0 Å². The van der Waals surface area contributed by atoms with Crippen molar-refractivity contribution in [1.29, 1.82) is 0 Å². The van der Waals surface area contributed by atoms with Crippen LogP contribution in [0.2, 0.25) is 0 Å². The van der Waals surface area contributed by atoms with Crippen LogP contribution in [-0.2, 0) is 0 Å². The fraction of sp³-hybridized carbons (Fsp3) is 0.533. The minimum atomic E-state index is -4.42. The normalized spacial score (nSPS) is 17.6. The van der Waals surface area contributed by atoms with E-state index in [1.165, 1.54) is 15.6 Å². The maximum atomic E-state index is 13.4. The standard InChI is InChI=1S/C15H19F3N6O/c1-10-2-5-24-13(22-10)11(8-21-24)14(25)20-9-12(15(16,17)18)23-6-3-19-4-7-23/h2,5,8,12,19H,3-4,6-7,9H2,1H3,(H,20,25). The summed E-state index contributed by atoms with van der Waals surface area (Å²) in [5, 5.41) is 9.40. The largest absolute Gasteiger partial charge is 0.405 e. The minimum absolute atomic E-state index is 0.157. The summed E-state index contributed by atoms with van der Waals surface area (Å²) < 4.78 is 41.5. The van der Waals surface area contributed by atoms with Crippen molar-refractivity contribution in [3.8, 4) is 0 Å². The first kappa shape index (κ1) is 17.6. The molecule has 0 saturated carbocycles. The van der Waals surface area contributed by atoms with Crippen LogP contribution in [0, 0.1) is 6.92 Å². The van der Waals surface area contributed by atoms with Gasteiger partial charge in [0.25, 0.3) is 5.91 Å². The predicted molar refractivity (Wildman–Crippen MR) is 84.3 cm³/mol. The van der Waals surface area contributed by atoms with Gasteiger partial charge in [-0.05, 0) is 13.0 Å². The van der Waals surface area contributed by atoms with E-state index in [4.69, 9.17) is 0 Å². The zero-order valence-electron chi connectivity index (χ0n) is 13.7. The van der Waals surface area contributed by atoms with Crippen molar-refractivity contribution in [2.75, 3.05) is 32.7 Å². The Bertz CT molecular complexity index is 753. The van der Waals surface area contributed by atoms with E-state index in [1.54, 1.807) is 19.2 Å². The number of aromatic nitrogens is 3. The van der Waals surface area contributed by atoms with Gasteiger partial charge in [-0.15, -0.1) is 0 Å². The number of nitrogens with one attached hydrogen (secondary N) is 2. The lowest BCUT2D eigenvalue weighted by molar-refractivity contribution is -0.183. The fourth-order valence-electron chi connectivity index (χ4n) is 2.85.